The van der Waals surface area contributed by atoms with E-state index in [1.165, 1.54) is 327 Å². The lowest BCUT2D eigenvalue weighted by Gasteiger charge is -2.27. The van der Waals surface area contributed by atoms with Gasteiger partial charge in [0.1, 0.15) is 13.2 Å². The molecule has 6 nitrogen and oxygen atoms in total. The molecule has 0 aromatic carbocycles. The fourth-order valence-corrected chi connectivity index (χ4v) is 11.1. The van der Waals surface area contributed by atoms with Gasteiger partial charge in [0.15, 0.2) is 0 Å². The predicted octanol–water partition coefficient (Wildman–Crippen LogP) is 21.1. The van der Waals surface area contributed by atoms with Crippen molar-refractivity contribution in [2.24, 2.45) is 11.3 Å². The van der Waals surface area contributed by atoms with Crippen LogP contribution in [0, 0.1) is 11.3 Å². The molecule has 6 heteroatoms. The summed E-state index contributed by atoms with van der Waals surface area (Å²) in [4.78, 5) is 24.7. The molecule has 1 heterocycles. The Balaban J connectivity index is 1.67. The fourth-order valence-electron chi connectivity index (χ4n) is 11.1. The van der Waals surface area contributed by atoms with E-state index < -0.39 is 36.5 Å². The maximum Gasteiger partial charge on any atom is 0.309 e. The number of aliphatic hydroxyl groups excluding tert-OH is 2. The van der Waals surface area contributed by atoms with Gasteiger partial charge in [-0.3, -0.25) is 9.59 Å². The van der Waals surface area contributed by atoms with Crippen molar-refractivity contribution < 1.29 is 29.3 Å². The molecule has 1 aliphatic heterocycles. The Hall–Kier alpha value is -1.40. The van der Waals surface area contributed by atoms with Crippen LogP contribution in [0.5, 0.6) is 0 Å². The van der Waals surface area contributed by atoms with E-state index in [-0.39, 0.29) is 19.6 Å². The second-order valence-electron chi connectivity index (χ2n) is 23.9. The van der Waals surface area contributed by atoms with Crippen molar-refractivity contribution in [2.45, 2.75) is 366 Å². The van der Waals surface area contributed by atoms with E-state index in [4.69, 9.17) is 9.47 Å². The third-order valence-electron chi connectivity index (χ3n) is 16.5. The summed E-state index contributed by atoms with van der Waals surface area (Å²) < 4.78 is 10.6. The third kappa shape index (κ3) is 48.7. The lowest BCUT2D eigenvalue weighted by molar-refractivity contribution is -0.155. The van der Waals surface area contributed by atoms with Gasteiger partial charge in [-0.2, -0.15) is 0 Å². The van der Waals surface area contributed by atoms with Crippen LogP contribution in [0.1, 0.15) is 366 Å². The zero-order valence-electron chi connectivity index (χ0n) is 49.2. The monoisotopic (exact) mass is 1030 g/mol. The number of rotatable bonds is 58. The molecule has 73 heavy (non-hydrogen) atoms. The molecule has 1 fully saturated rings. The molecule has 1 aliphatic rings. The Labute approximate surface area is 455 Å². The maximum absolute atomic E-state index is 12.6. The van der Waals surface area contributed by atoms with E-state index in [1.807, 2.05) is 0 Å². The van der Waals surface area contributed by atoms with Gasteiger partial charge in [-0.25, -0.2) is 0 Å². The Kier molecular flexibility index (Phi) is 54.2. The van der Waals surface area contributed by atoms with E-state index in [9.17, 15) is 19.8 Å². The van der Waals surface area contributed by atoms with Crippen LogP contribution >= 0.6 is 0 Å². The minimum atomic E-state index is -1.12. The van der Waals surface area contributed by atoms with Gasteiger partial charge in [0.2, 0.25) is 0 Å². The number of carbonyl (C=O) groups is 2. The van der Waals surface area contributed by atoms with Crippen LogP contribution in [0.25, 0.3) is 0 Å². The second kappa shape index (κ2) is 56.8. The Bertz CT molecular complexity index is 1150. The highest BCUT2D eigenvalue weighted by Crippen LogP contribution is 2.25. The van der Waals surface area contributed by atoms with Gasteiger partial charge in [0, 0.05) is 0 Å². The summed E-state index contributed by atoms with van der Waals surface area (Å²) in [5, 5.41) is 19.2. The fraction of sp³-hybridized carbons (Fsp3) is 0.940. The van der Waals surface area contributed by atoms with Crippen molar-refractivity contribution in [3.05, 3.63) is 12.2 Å². The molecular formula is C67H128O6. The number of hydrogen-bond acceptors (Lipinski definition) is 6. The Morgan fingerprint density at radius 2 is 0.589 bits per heavy atom. The molecule has 2 N–H and O–H groups in total. The number of allylic oxidation sites excluding steroid dienone is 2. The van der Waals surface area contributed by atoms with Crippen molar-refractivity contribution in [3.8, 4) is 0 Å². The van der Waals surface area contributed by atoms with Crippen LogP contribution in [0.4, 0.5) is 0 Å². The number of hydrogen-bond donors (Lipinski definition) is 2. The van der Waals surface area contributed by atoms with Gasteiger partial charge in [-0.1, -0.05) is 340 Å². The van der Waals surface area contributed by atoms with Crippen molar-refractivity contribution >= 4 is 11.9 Å². The first kappa shape index (κ1) is 69.6. The molecule has 1 atom stereocenters. The van der Waals surface area contributed by atoms with Gasteiger partial charge in [0.25, 0.3) is 0 Å². The summed E-state index contributed by atoms with van der Waals surface area (Å²) in [6.45, 7) is 1.21. The number of cyclic esters (lactones) is 2. The highest BCUT2D eigenvalue weighted by atomic mass is 16.6. The molecule has 0 aromatic rings. The Morgan fingerprint density at radius 3 is 0.849 bits per heavy atom. The highest BCUT2D eigenvalue weighted by Gasteiger charge is 2.36. The van der Waals surface area contributed by atoms with Crippen LogP contribution in [0.3, 0.4) is 0 Å². The minimum absolute atomic E-state index is 0.00518. The average molecular weight is 1030 g/mol. The quantitative estimate of drug-likeness (QED) is 0.0358. The SMILES string of the molecule is CCCCCCCCCC/C=C/CCCCCCCCCCCCCCCCCCCCCCCCCCCCCCCCCCCCCCCCCCCCCCC1CC(=O)OCC(CO)(CO)COC1=O. The molecule has 0 saturated carbocycles. The molecule has 0 bridgehead atoms. The lowest BCUT2D eigenvalue weighted by atomic mass is 9.92. The molecule has 0 spiro atoms. The topological polar surface area (TPSA) is 93.1 Å². The molecule has 0 aliphatic carbocycles. The standard InChI is InChI=1S/C67H128O6/c1-2-3-4-5-6-7-8-9-10-11-12-13-14-15-16-17-18-19-20-21-22-23-24-25-26-27-28-29-30-31-32-33-34-35-36-37-38-39-40-41-42-43-44-45-46-47-48-49-50-51-52-53-54-55-56-57-58-64-59-65(70)72-62-67(60-68,61-69)63-73-66(64)71/h11-12,64,68-69H,2-10,13-63H2,1H3/b12-11+. The summed E-state index contributed by atoms with van der Waals surface area (Å²) in [7, 11) is 0. The van der Waals surface area contributed by atoms with Gasteiger partial charge >= 0.3 is 11.9 Å². The van der Waals surface area contributed by atoms with Crippen LogP contribution in [-0.4, -0.2) is 48.6 Å². The molecule has 432 valence electrons. The van der Waals surface area contributed by atoms with Gasteiger partial charge in [-0.15, -0.1) is 0 Å². The lowest BCUT2D eigenvalue weighted by Crippen LogP contribution is -2.40. The summed E-state index contributed by atoms with van der Waals surface area (Å²) in [5.41, 5.74) is -1.12. The van der Waals surface area contributed by atoms with Crippen molar-refractivity contribution in [3.63, 3.8) is 0 Å². The van der Waals surface area contributed by atoms with E-state index in [0.717, 1.165) is 19.3 Å². The van der Waals surface area contributed by atoms with E-state index in [2.05, 4.69) is 19.1 Å². The van der Waals surface area contributed by atoms with Crippen molar-refractivity contribution in [1.82, 2.24) is 0 Å². The molecule has 1 rings (SSSR count). The number of unbranched alkanes of at least 4 members (excludes halogenated alkanes) is 52. The van der Waals surface area contributed by atoms with Crippen LogP contribution in [0.15, 0.2) is 12.2 Å². The molecule has 0 amide bonds. The zero-order chi connectivity index (χ0) is 52.5. The Morgan fingerprint density at radius 1 is 0.356 bits per heavy atom. The summed E-state index contributed by atoms with van der Waals surface area (Å²) in [5.74, 6) is -1.40. The molecule has 1 unspecified atom stereocenters. The zero-order valence-corrected chi connectivity index (χ0v) is 49.2. The molecule has 1 saturated heterocycles. The molecular weight excluding hydrogens is 901 g/mol. The first-order valence-corrected chi connectivity index (χ1v) is 33.3. The van der Waals surface area contributed by atoms with E-state index >= 15 is 0 Å². The maximum atomic E-state index is 12.6. The van der Waals surface area contributed by atoms with Gasteiger partial charge < -0.3 is 19.7 Å². The first-order chi connectivity index (χ1) is 36.1. The first-order valence-electron chi connectivity index (χ1n) is 33.3. The summed E-state index contributed by atoms with van der Waals surface area (Å²) in [6, 6.07) is 0. The van der Waals surface area contributed by atoms with Crippen LogP contribution in [0.2, 0.25) is 0 Å². The smallest absolute Gasteiger partial charge is 0.309 e. The molecule has 0 aromatic heterocycles. The minimum Gasteiger partial charge on any atom is -0.465 e. The molecule has 0 radical (unpaired) electrons. The average Bonchev–Trinajstić information content (AvgIpc) is 3.46. The van der Waals surface area contributed by atoms with Crippen LogP contribution in [-0.2, 0) is 19.1 Å². The predicted molar refractivity (Wildman–Crippen MR) is 315 cm³/mol. The largest absolute Gasteiger partial charge is 0.465 e. The van der Waals surface area contributed by atoms with Crippen LogP contribution < -0.4 is 0 Å². The third-order valence-corrected chi connectivity index (χ3v) is 16.5. The second-order valence-corrected chi connectivity index (χ2v) is 23.9. The van der Waals surface area contributed by atoms with Crippen molar-refractivity contribution in [2.75, 3.05) is 26.4 Å². The normalized spacial score (nSPS) is 15.2. The highest BCUT2D eigenvalue weighted by molar-refractivity contribution is 5.80. The van der Waals surface area contributed by atoms with Gasteiger partial charge in [-0.05, 0) is 32.1 Å². The number of carbonyl (C=O) groups excluding carboxylic acids is 2. The number of ether oxygens (including phenoxy) is 2. The number of aliphatic hydroxyl groups is 2. The summed E-state index contributed by atoms with van der Waals surface area (Å²) >= 11 is 0. The van der Waals surface area contributed by atoms with Gasteiger partial charge in [0.05, 0.1) is 31.0 Å². The van der Waals surface area contributed by atoms with E-state index in [1.54, 1.807) is 0 Å². The van der Waals surface area contributed by atoms with Crippen molar-refractivity contribution in [1.29, 1.82) is 0 Å². The number of esters is 2. The summed E-state index contributed by atoms with van der Waals surface area (Å²) in [6.07, 6.45) is 81.6. The van der Waals surface area contributed by atoms with E-state index in [0.29, 0.717) is 6.42 Å².